The third kappa shape index (κ3) is 3.55. The van der Waals surface area contributed by atoms with Crippen LogP contribution in [0.25, 0.3) is 0 Å². The lowest BCUT2D eigenvalue weighted by Crippen LogP contribution is -2.03. The molecule has 0 bridgehead atoms. The zero-order chi connectivity index (χ0) is 11.1. The van der Waals surface area contributed by atoms with Gasteiger partial charge in [0.1, 0.15) is 5.75 Å². The van der Waals surface area contributed by atoms with Crippen LogP contribution in [0.5, 0.6) is 5.75 Å². The number of rotatable bonds is 5. The van der Waals surface area contributed by atoms with E-state index in [0.29, 0.717) is 0 Å². The highest BCUT2D eigenvalue weighted by Gasteiger charge is 2.01. The van der Waals surface area contributed by atoms with Crippen LogP contribution >= 0.6 is 0 Å². The largest absolute Gasteiger partial charge is 0.495 e. The smallest absolute Gasteiger partial charge is 0.141 e. The number of unbranched alkanes of at least 4 members (excludes halogenated alkanes) is 1. The molecule has 0 radical (unpaired) electrons. The van der Waals surface area contributed by atoms with Crippen molar-refractivity contribution < 1.29 is 4.74 Å². The summed E-state index contributed by atoms with van der Waals surface area (Å²) in [6, 6.07) is 6.08. The minimum absolute atomic E-state index is 0.807. The fraction of sp³-hybridized carbons (Fsp3) is 0.385. The first-order valence-electron chi connectivity index (χ1n) is 5.10. The standard InChI is InChI=1S/C13H17NO/c1-4-5-6-9-14-12-10-11(2)7-8-13(12)15-3/h1,7-8,10,14H,5-6,9H2,2-3H3. The van der Waals surface area contributed by atoms with Crippen LogP contribution in [0.2, 0.25) is 0 Å². The van der Waals surface area contributed by atoms with Crippen LogP contribution in [-0.4, -0.2) is 13.7 Å². The second-order valence-electron chi connectivity index (χ2n) is 3.44. The minimum Gasteiger partial charge on any atom is -0.495 e. The molecule has 0 unspecified atom stereocenters. The van der Waals surface area contributed by atoms with Gasteiger partial charge < -0.3 is 10.1 Å². The van der Waals surface area contributed by atoms with Crippen molar-refractivity contribution in [3.05, 3.63) is 23.8 Å². The molecule has 0 aliphatic heterocycles. The summed E-state index contributed by atoms with van der Waals surface area (Å²) in [5.41, 5.74) is 2.25. The summed E-state index contributed by atoms with van der Waals surface area (Å²) in [5, 5.41) is 3.32. The van der Waals surface area contributed by atoms with Crippen molar-refractivity contribution in [3.63, 3.8) is 0 Å². The Balaban J connectivity index is 2.58. The number of nitrogens with one attached hydrogen (secondary N) is 1. The first-order valence-corrected chi connectivity index (χ1v) is 5.10. The molecule has 1 aromatic carbocycles. The van der Waals surface area contributed by atoms with E-state index in [2.05, 4.69) is 24.2 Å². The fourth-order valence-corrected chi connectivity index (χ4v) is 1.37. The molecule has 2 heteroatoms. The van der Waals surface area contributed by atoms with Crippen molar-refractivity contribution in [2.75, 3.05) is 19.0 Å². The molecule has 0 aromatic heterocycles. The van der Waals surface area contributed by atoms with Gasteiger partial charge in [-0.15, -0.1) is 12.3 Å². The second-order valence-corrected chi connectivity index (χ2v) is 3.44. The molecule has 0 saturated carbocycles. The molecule has 0 spiro atoms. The first kappa shape index (κ1) is 11.5. The van der Waals surface area contributed by atoms with Gasteiger partial charge in [0.2, 0.25) is 0 Å². The average Bonchev–Trinajstić information content (AvgIpc) is 2.25. The molecule has 1 N–H and O–H groups in total. The van der Waals surface area contributed by atoms with Crippen LogP contribution < -0.4 is 10.1 Å². The summed E-state index contributed by atoms with van der Waals surface area (Å²) in [5.74, 6) is 3.50. The molecule has 0 atom stereocenters. The van der Waals surface area contributed by atoms with Crippen molar-refractivity contribution in [3.8, 4) is 18.1 Å². The average molecular weight is 203 g/mol. The molecule has 0 amide bonds. The maximum Gasteiger partial charge on any atom is 0.141 e. The van der Waals surface area contributed by atoms with Gasteiger partial charge in [-0.05, 0) is 31.0 Å². The Morgan fingerprint density at radius 3 is 2.93 bits per heavy atom. The Morgan fingerprint density at radius 1 is 1.47 bits per heavy atom. The maximum absolute atomic E-state index is 5.25. The number of terminal acetylenes is 1. The monoisotopic (exact) mass is 203 g/mol. The lowest BCUT2D eigenvalue weighted by atomic mass is 10.2. The van der Waals surface area contributed by atoms with E-state index in [1.165, 1.54) is 5.56 Å². The number of benzene rings is 1. The zero-order valence-electron chi connectivity index (χ0n) is 9.34. The SMILES string of the molecule is C#CCCCNc1cc(C)ccc1OC. The molecule has 0 heterocycles. The van der Waals surface area contributed by atoms with Gasteiger partial charge in [0, 0.05) is 13.0 Å². The van der Waals surface area contributed by atoms with Gasteiger partial charge in [0.25, 0.3) is 0 Å². The van der Waals surface area contributed by atoms with Crippen molar-refractivity contribution in [2.24, 2.45) is 0 Å². The lowest BCUT2D eigenvalue weighted by Gasteiger charge is -2.11. The van der Waals surface area contributed by atoms with Gasteiger partial charge in [0.15, 0.2) is 0 Å². The van der Waals surface area contributed by atoms with Gasteiger partial charge in [-0.25, -0.2) is 0 Å². The first-order chi connectivity index (χ1) is 7.27. The summed E-state index contributed by atoms with van der Waals surface area (Å²) < 4.78 is 5.25. The second kappa shape index (κ2) is 5.98. The Labute approximate surface area is 91.6 Å². The summed E-state index contributed by atoms with van der Waals surface area (Å²) in [6.07, 6.45) is 6.97. The van der Waals surface area contributed by atoms with Gasteiger partial charge >= 0.3 is 0 Å². The molecule has 15 heavy (non-hydrogen) atoms. The highest BCUT2D eigenvalue weighted by atomic mass is 16.5. The van der Waals surface area contributed by atoms with E-state index in [9.17, 15) is 0 Å². The van der Waals surface area contributed by atoms with Crippen LogP contribution in [0.3, 0.4) is 0 Å². The highest BCUT2D eigenvalue weighted by Crippen LogP contribution is 2.24. The predicted octanol–water partition coefficient (Wildman–Crippen LogP) is 2.83. The van der Waals surface area contributed by atoms with Gasteiger partial charge in [-0.2, -0.15) is 0 Å². The van der Waals surface area contributed by atoms with Crippen molar-refractivity contribution >= 4 is 5.69 Å². The summed E-state index contributed by atoms with van der Waals surface area (Å²) >= 11 is 0. The van der Waals surface area contributed by atoms with Crippen molar-refractivity contribution in [1.29, 1.82) is 0 Å². The van der Waals surface area contributed by atoms with Crippen LogP contribution in [0, 0.1) is 19.3 Å². The van der Waals surface area contributed by atoms with E-state index in [-0.39, 0.29) is 0 Å². The normalized spacial score (nSPS) is 9.40. The molecule has 0 saturated heterocycles. The summed E-state index contributed by atoms with van der Waals surface area (Å²) in [6.45, 7) is 2.94. The van der Waals surface area contributed by atoms with E-state index in [1.54, 1.807) is 7.11 Å². The minimum atomic E-state index is 0.807. The number of hydrogen-bond acceptors (Lipinski definition) is 2. The summed E-state index contributed by atoms with van der Waals surface area (Å²) in [4.78, 5) is 0. The van der Waals surface area contributed by atoms with Crippen LogP contribution in [0.4, 0.5) is 5.69 Å². The topological polar surface area (TPSA) is 21.3 Å². The number of ether oxygens (including phenoxy) is 1. The number of anilines is 1. The highest BCUT2D eigenvalue weighted by molar-refractivity contribution is 5.57. The zero-order valence-corrected chi connectivity index (χ0v) is 9.34. The Hall–Kier alpha value is -1.62. The number of hydrogen-bond donors (Lipinski definition) is 1. The Bertz CT molecular complexity index is 352. The Morgan fingerprint density at radius 2 is 2.27 bits per heavy atom. The van der Waals surface area contributed by atoms with Crippen LogP contribution in [0.1, 0.15) is 18.4 Å². The molecular weight excluding hydrogens is 186 g/mol. The van der Waals surface area contributed by atoms with Gasteiger partial charge in [-0.1, -0.05) is 6.07 Å². The molecule has 2 nitrogen and oxygen atoms in total. The number of aryl methyl sites for hydroxylation is 1. The van der Waals surface area contributed by atoms with Crippen LogP contribution in [-0.2, 0) is 0 Å². The third-order valence-corrected chi connectivity index (χ3v) is 2.17. The quantitative estimate of drug-likeness (QED) is 0.587. The fourth-order valence-electron chi connectivity index (χ4n) is 1.37. The van der Waals surface area contributed by atoms with Crippen molar-refractivity contribution in [1.82, 2.24) is 0 Å². The molecule has 80 valence electrons. The molecule has 1 aromatic rings. The Kier molecular flexibility index (Phi) is 4.56. The molecular formula is C13H17NO. The van der Waals surface area contributed by atoms with E-state index >= 15 is 0 Å². The molecule has 1 rings (SSSR count). The predicted molar refractivity (Wildman–Crippen MR) is 64.3 cm³/mol. The third-order valence-electron chi connectivity index (χ3n) is 2.17. The van der Waals surface area contributed by atoms with Crippen LogP contribution in [0.15, 0.2) is 18.2 Å². The lowest BCUT2D eigenvalue weighted by molar-refractivity contribution is 0.416. The van der Waals surface area contributed by atoms with Gasteiger partial charge in [-0.3, -0.25) is 0 Å². The summed E-state index contributed by atoms with van der Waals surface area (Å²) in [7, 11) is 1.68. The molecule has 0 aliphatic rings. The molecule has 0 aliphatic carbocycles. The van der Waals surface area contributed by atoms with Crippen molar-refractivity contribution in [2.45, 2.75) is 19.8 Å². The number of methoxy groups -OCH3 is 1. The van der Waals surface area contributed by atoms with E-state index in [0.717, 1.165) is 30.8 Å². The van der Waals surface area contributed by atoms with E-state index in [1.807, 2.05) is 12.1 Å². The van der Waals surface area contributed by atoms with E-state index < -0.39 is 0 Å². The van der Waals surface area contributed by atoms with Gasteiger partial charge in [0.05, 0.1) is 12.8 Å². The molecule has 0 fully saturated rings. The van der Waals surface area contributed by atoms with E-state index in [4.69, 9.17) is 11.2 Å². The maximum atomic E-state index is 5.25.